The Hall–Kier alpha value is -1.05. The second-order valence-electron chi connectivity index (χ2n) is 3.13. The quantitative estimate of drug-likeness (QED) is 0.485. The lowest BCUT2D eigenvalue weighted by molar-refractivity contribution is -0.136. The van der Waals surface area contributed by atoms with Crippen molar-refractivity contribution in [1.82, 2.24) is 0 Å². The van der Waals surface area contributed by atoms with Gasteiger partial charge in [-0.1, -0.05) is 38.5 Å². The van der Waals surface area contributed by atoms with E-state index in [9.17, 15) is 4.79 Å². The fourth-order valence-electron chi connectivity index (χ4n) is 1.02. The molecule has 0 saturated heterocycles. The molecule has 0 aliphatic carbocycles. The maximum absolute atomic E-state index is 10.3. The van der Waals surface area contributed by atoms with Gasteiger partial charge in [-0.3, -0.25) is 4.79 Å². The van der Waals surface area contributed by atoms with Gasteiger partial charge in [0.25, 0.3) is 0 Å². The highest BCUT2D eigenvalue weighted by Crippen LogP contribution is 2.04. The third-order valence-corrected chi connectivity index (χ3v) is 1.71. The molecule has 0 bridgehead atoms. The zero-order valence-corrected chi connectivity index (χ0v) is 8.25. The lowest BCUT2D eigenvalue weighted by atomic mass is 10.1. The van der Waals surface area contributed by atoms with Crippen LogP contribution in [0.25, 0.3) is 0 Å². The predicted octanol–water partition coefficient (Wildman–Crippen LogP) is 3.15. The highest BCUT2D eigenvalue weighted by molar-refractivity contribution is 5.70. The van der Waals surface area contributed by atoms with Crippen LogP contribution in [0.2, 0.25) is 0 Å². The first-order chi connectivity index (χ1) is 6.16. The van der Waals surface area contributed by atoms with Gasteiger partial charge in [0.15, 0.2) is 0 Å². The summed E-state index contributed by atoms with van der Waals surface area (Å²) in [7, 11) is 0. The average molecular weight is 182 g/mol. The third-order valence-electron chi connectivity index (χ3n) is 1.71. The zero-order chi connectivity index (χ0) is 10.1. The van der Waals surface area contributed by atoms with Crippen LogP contribution >= 0.6 is 0 Å². The Morgan fingerprint density at radius 3 is 2.69 bits per heavy atom. The minimum absolute atomic E-state index is 0.0459. The van der Waals surface area contributed by atoms with Crippen molar-refractivity contribution >= 4 is 5.97 Å². The number of carboxylic acid groups (broad SMARTS) is 1. The maximum atomic E-state index is 10.3. The SMILES string of the molecule is C=C(C=CCCCCC)CC(=O)O. The van der Waals surface area contributed by atoms with E-state index in [2.05, 4.69) is 13.5 Å². The number of hydrogen-bond acceptors (Lipinski definition) is 1. The van der Waals surface area contributed by atoms with Crippen LogP contribution in [0.3, 0.4) is 0 Å². The van der Waals surface area contributed by atoms with Gasteiger partial charge < -0.3 is 5.11 Å². The van der Waals surface area contributed by atoms with Gasteiger partial charge >= 0.3 is 5.97 Å². The van der Waals surface area contributed by atoms with E-state index in [0.717, 1.165) is 6.42 Å². The second kappa shape index (κ2) is 7.59. The minimum Gasteiger partial charge on any atom is -0.481 e. The Morgan fingerprint density at radius 1 is 1.46 bits per heavy atom. The fourth-order valence-corrected chi connectivity index (χ4v) is 1.02. The van der Waals surface area contributed by atoms with E-state index in [1.807, 2.05) is 12.2 Å². The molecule has 0 aliphatic heterocycles. The van der Waals surface area contributed by atoms with Crippen molar-refractivity contribution in [3.05, 3.63) is 24.3 Å². The molecular formula is C11H18O2. The number of carboxylic acids is 1. The molecule has 0 unspecified atom stereocenters. The van der Waals surface area contributed by atoms with Gasteiger partial charge in [0.2, 0.25) is 0 Å². The monoisotopic (exact) mass is 182 g/mol. The summed E-state index contributed by atoms with van der Waals surface area (Å²) >= 11 is 0. The first-order valence-corrected chi connectivity index (χ1v) is 4.73. The standard InChI is InChI=1S/C11H18O2/c1-3-4-5-6-7-8-10(2)9-11(12)13/h7-8H,2-6,9H2,1H3,(H,12,13). The van der Waals surface area contributed by atoms with Crippen molar-refractivity contribution in [2.45, 2.75) is 39.0 Å². The summed E-state index contributed by atoms with van der Waals surface area (Å²) in [4.78, 5) is 10.3. The van der Waals surface area contributed by atoms with Crippen molar-refractivity contribution in [2.24, 2.45) is 0 Å². The van der Waals surface area contributed by atoms with E-state index in [1.54, 1.807) is 0 Å². The van der Waals surface area contributed by atoms with Gasteiger partial charge in [0, 0.05) is 0 Å². The molecular weight excluding hydrogens is 164 g/mol. The summed E-state index contributed by atoms with van der Waals surface area (Å²) in [6.45, 7) is 5.80. The van der Waals surface area contributed by atoms with Gasteiger partial charge in [-0.25, -0.2) is 0 Å². The first kappa shape index (κ1) is 11.9. The Bertz CT molecular complexity index is 192. The van der Waals surface area contributed by atoms with Crippen LogP contribution in [0.4, 0.5) is 0 Å². The molecule has 0 aliphatic rings. The Balaban J connectivity index is 3.48. The van der Waals surface area contributed by atoms with Gasteiger partial charge in [-0.15, -0.1) is 0 Å². The van der Waals surface area contributed by atoms with Crippen LogP contribution < -0.4 is 0 Å². The molecule has 1 N–H and O–H groups in total. The summed E-state index contributed by atoms with van der Waals surface area (Å²) in [6.07, 6.45) is 8.49. The maximum Gasteiger partial charge on any atom is 0.307 e. The molecule has 0 atom stereocenters. The highest BCUT2D eigenvalue weighted by Gasteiger charge is 1.96. The van der Waals surface area contributed by atoms with Crippen LogP contribution in [0, 0.1) is 0 Å². The molecule has 0 aromatic heterocycles. The summed E-state index contributed by atoms with van der Waals surface area (Å²) in [6, 6.07) is 0. The molecule has 0 aromatic rings. The molecule has 0 amide bonds. The topological polar surface area (TPSA) is 37.3 Å². The first-order valence-electron chi connectivity index (χ1n) is 4.73. The van der Waals surface area contributed by atoms with Crippen molar-refractivity contribution < 1.29 is 9.90 Å². The van der Waals surface area contributed by atoms with Crippen molar-refractivity contribution in [2.75, 3.05) is 0 Å². The van der Waals surface area contributed by atoms with E-state index >= 15 is 0 Å². The summed E-state index contributed by atoms with van der Waals surface area (Å²) in [5, 5.41) is 8.43. The Labute approximate surface area is 80.0 Å². The number of allylic oxidation sites excluding steroid dienone is 2. The fraction of sp³-hybridized carbons (Fsp3) is 0.545. The number of carbonyl (C=O) groups is 1. The second-order valence-corrected chi connectivity index (χ2v) is 3.13. The van der Waals surface area contributed by atoms with Crippen LogP contribution in [0.5, 0.6) is 0 Å². The largest absolute Gasteiger partial charge is 0.481 e. The molecule has 0 heterocycles. The molecule has 0 rings (SSSR count). The molecule has 0 aromatic carbocycles. The van der Waals surface area contributed by atoms with Crippen LogP contribution in [-0.2, 0) is 4.79 Å². The molecule has 2 heteroatoms. The van der Waals surface area contributed by atoms with Crippen LogP contribution in [-0.4, -0.2) is 11.1 Å². The van der Waals surface area contributed by atoms with E-state index < -0.39 is 5.97 Å². The normalized spacial score (nSPS) is 10.5. The highest BCUT2D eigenvalue weighted by atomic mass is 16.4. The third kappa shape index (κ3) is 8.86. The number of aliphatic carboxylic acids is 1. The predicted molar refractivity (Wildman–Crippen MR) is 54.7 cm³/mol. The molecule has 2 nitrogen and oxygen atoms in total. The molecule has 74 valence electrons. The molecule has 0 radical (unpaired) electrons. The average Bonchev–Trinajstić information content (AvgIpc) is 2.02. The number of rotatable bonds is 7. The van der Waals surface area contributed by atoms with Crippen molar-refractivity contribution in [3.8, 4) is 0 Å². The van der Waals surface area contributed by atoms with E-state index in [4.69, 9.17) is 5.11 Å². The van der Waals surface area contributed by atoms with Crippen molar-refractivity contribution in [1.29, 1.82) is 0 Å². The summed E-state index contributed by atoms with van der Waals surface area (Å²) in [5.41, 5.74) is 0.670. The van der Waals surface area contributed by atoms with Crippen molar-refractivity contribution in [3.63, 3.8) is 0 Å². The minimum atomic E-state index is -0.816. The van der Waals surface area contributed by atoms with E-state index in [0.29, 0.717) is 5.57 Å². The summed E-state index contributed by atoms with van der Waals surface area (Å²) < 4.78 is 0. The number of unbranched alkanes of at least 4 members (excludes halogenated alkanes) is 3. The van der Waals surface area contributed by atoms with Gasteiger partial charge in [-0.05, 0) is 18.4 Å². The van der Waals surface area contributed by atoms with Gasteiger partial charge in [0.1, 0.15) is 0 Å². The van der Waals surface area contributed by atoms with Gasteiger partial charge in [-0.2, -0.15) is 0 Å². The number of hydrogen-bond donors (Lipinski definition) is 1. The lowest BCUT2D eigenvalue weighted by Crippen LogP contribution is -1.94. The molecule has 13 heavy (non-hydrogen) atoms. The lowest BCUT2D eigenvalue weighted by Gasteiger charge is -1.94. The van der Waals surface area contributed by atoms with Crippen LogP contribution in [0.1, 0.15) is 39.0 Å². The molecule has 0 saturated carbocycles. The summed E-state index contributed by atoms with van der Waals surface area (Å²) in [5.74, 6) is -0.816. The zero-order valence-electron chi connectivity index (χ0n) is 8.25. The Kier molecular flexibility index (Phi) is 6.98. The Morgan fingerprint density at radius 2 is 2.15 bits per heavy atom. The van der Waals surface area contributed by atoms with E-state index in [1.165, 1.54) is 19.3 Å². The van der Waals surface area contributed by atoms with E-state index in [-0.39, 0.29) is 6.42 Å². The van der Waals surface area contributed by atoms with Gasteiger partial charge in [0.05, 0.1) is 6.42 Å². The molecule has 0 fully saturated rings. The van der Waals surface area contributed by atoms with Crippen LogP contribution in [0.15, 0.2) is 24.3 Å². The smallest absolute Gasteiger partial charge is 0.307 e. The molecule has 0 spiro atoms.